The van der Waals surface area contributed by atoms with E-state index in [4.69, 9.17) is 0 Å². The number of carbonyl (C=O) groups excluding carboxylic acids is 2. The number of amides is 2. The Morgan fingerprint density at radius 2 is 0.933 bits per heavy atom. The van der Waals surface area contributed by atoms with Crippen LogP contribution in [0.1, 0.15) is 21.0 Å². The van der Waals surface area contributed by atoms with Gasteiger partial charge < -0.3 is 10.6 Å². The second kappa shape index (κ2) is 8.79. The Kier molecular flexibility index (Phi) is 5.57. The van der Waals surface area contributed by atoms with Crippen LogP contribution in [0.2, 0.25) is 0 Å². The Morgan fingerprint density at radius 3 is 1.33 bits per heavy atom. The molecule has 0 saturated carbocycles. The van der Waals surface area contributed by atoms with Crippen molar-refractivity contribution in [3.05, 3.63) is 109 Å². The molecule has 0 aliphatic carbocycles. The Bertz CT molecular complexity index is 1080. The topological polar surface area (TPSA) is 84.0 Å². The van der Waals surface area contributed by atoms with E-state index in [1.165, 1.54) is 0 Å². The average molecular weight is 394 g/mol. The molecule has 0 fully saturated rings. The van der Waals surface area contributed by atoms with Gasteiger partial charge in [-0.05, 0) is 36.4 Å². The highest BCUT2D eigenvalue weighted by Crippen LogP contribution is 2.34. The highest BCUT2D eigenvalue weighted by atomic mass is 16.2. The van der Waals surface area contributed by atoms with Gasteiger partial charge in [0.2, 0.25) is 0 Å². The standard InChI is InChI=1S/C24H18N4O2/c29-23(21-13-5-7-15-25-21)27-19-11-3-1-9-17(19)18-10-2-4-12-20(18)28-24(30)22-14-6-8-16-26-22/h1-16H,(H,27,29)(H,28,30). The van der Waals surface area contributed by atoms with Gasteiger partial charge in [0.15, 0.2) is 0 Å². The van der Waals surface area contributed by atoms with Crippen molar-refractivity contribution in [1.82, 2.24) is 9.97 Å². The average Bonchev–Trinajstić information content (AvgIpc) is 2.81. The molecule has 30 heavy (non-hydrogen) atoms. The SMILES string of the molecule is O=C(Nc1ccccc1-c1ccccc1NC(=O)c1ccccn1)c1ccccn1. The lowest BCUT2D eigenvalue weighted by Gasteiger charge is -2.15. The highest BCUT2D eigenvalue weighted by Gasteiger charge is 2.15. The zero-order valence-electron chi connectivity index (χ0n) is 15.9. The molecule has 2 aromatic heterocycles. The van der Waals surface area contributed by atoms with E-state index in [1.807, 2.05) is 48.5 Å². The first-order valence-electron chi connectivity index (χ1n) is 9.35. The van der Waals surface area contributed by atoms with Crippen LogP contribution in [-0.2, 0) is 0 Å². The number of pyridine rings is 2. The van der Waals surface area contributed by atoms with Gasteiger partial charge in [-0.3, -0.25) is 19.6 Å². The van der Waals surface area contributed by atoms with Crippen LogP contribution in [0.4, 0.5) is 11.4 Å². The van der Waals surface area contributed by atoms with Gasteiger partial charge >= 0.3 is 0 Å². The molecule has 4 aromatic rings. The van der Waals surface area contributed by atoms with Crippen LogP contribution in [0.5, 0.6) is 0 Å². The lowest BCUT2D eigenvalue weighted by Crippen LogP contribution is -2.15. The van der Waals surface area contributed by atoms with Gasteiger partial charge in [0.1, 0.15) is 11.4 Å². The monoisotopic (exact) mass is 394 g/mol. The molecule has 0 atom stereocenters. The molecule has 146 valence electrons. The van der Waals surface area contributed by atoms with Crippen molar-refractivity contribution < 1.29 is 9.59 Å². The number of hydrogen-bond donors (Lipinski definition) is 2. The normalized spacial score (nSPS) is 10.3. The molecule has 0 bridgehead atoms. The van der Waals surface area contributed by atoms with Crippen LogP contribution in [0.3, 0.4) is 0 Å². The second-order valence-electron chi connectivity index (χ2n) is 6.43. The van der Waals surface area contributed by atoms with E-state index in [9.17, 15) is 9.59 Å². The molecule has 2 aromatic carbocycles. The van der Waals surface area contributed by atoms with Crippen molar-refractivity contribution in [2.24, 2.45) is 0 Å². The van der Waals surface area contributed by atoms with Crippen molar-refractivity contribution in [1.29, 1.82) is 0 Å². The molecule has 2 heterocycles. The molecule has 6 heteroatoms. The minimum Gasteiger partial charge on any atom is -0.320 e. The summed E-state index contributed by atoms with van der Waals surface area (Å²) in [5, 5.41) is 5.82. The second-order valence-corrected chi connectivity index (χ2v) is 6.43. The molecule has 0 radical (unpaired) electrons. The fourth-order valence-electron chi connectivity index (χ4n) is 3.02. The first-order valence-corrected chi connectivity index (χ1v) is 9.35. The number of rotatable bonds is 5. The van der Waals surface area contributed by atoms with E-state index in [0.29, 0.717) is 22.8 Å². The largest absolute Gasteiger partial charge is 0.320 e. The van der Waals surface area contributed by atoms with Crippen LogP contribution < -0.4 is 10.6 Å². The molecule has 0 aliphatic rings. The summed E-state index contributed by atoms with van der Waals surface area (Å²) in [7, 11) is 0. The summed E-state index contributed by atoms with van der Waals surface area (Å²) in [5.41, 5.74) is 3.44. The molecular weight excluding hydrogens is 376 g/mol. The van der Waals surface area contributed by atoms with Gasteiger partial charge in [-0.15, -0.1) is 0 Å². The van der Waals surface area contributed by atoms with Gasteiger partial charge in [-0.1, -0.05) is 48.5 Å². The van der Waals surface area contributed by atoms with Crippen LogP contribution in [0.15, 0.2) is 97.3 Å². The summed E-state index contributed by atoms with van der Waals surface area (Å²) in [6.07, 6.45) is 3.15. The van der Waals surface area contributed by atoms with Gasteiger partial charge in [0.05, 0.1) is 0 Å². The number of aromatic nitrogens is 2. The zero-order valence-corrected chi connectivity index (χ0v) is 15.9. The summed E-state index contributed by atoms with van der Waals surface area (Å²) >= 11 is 0. The van der Waals surface area contributed by atoms with Gasteiger partial charge in [-0.2, -0.15) is 0 Å². The van der Waals surface area contributed by atoms with E-state index >= 15 is 0 Å². The Morgan fingerprint density at radius 1 is 0.533 bits per heavy atom. The fraction of sp³-hybridized carbons (Fsp3) is 0. The maximum absolute atomic E-state index is 12.6. The van der Waals surface area contributed by atoms with Gasteiger partial charge in [0.25, 0.3) is 11.8 Å². The zero-order chi connectivity index (χ0) is 20.8. The molecule has 0 unspecified atom stereocenters. The summed E-state index contributed by atoms with van der Waals surface area (Å²) in [4.78, 5) is 33.4. The van der Waals surface area contributed by atoms with Crippen molar-refractivity contribution >= 4 is 23.2 Å². The first kappa shape index (κ1) is 19.0. The number of nitrogens with one attached hydrogen (secondary N) is 2. The summed E-state index contributed by atoms with van der Waals surface area (Å²) in [6.45, 7) is 0. The van der Waals surface area contributed by atoms with Crippen molar-refractivity contribution in [2.75, 3.05) is 10.6 Å². The number of carbonyl (C=O) groups is 2. The predicted molar refractivity (Wildman–Crippen MR) is 116 cm³/mol. The first-order chi connectivity index (χ1) is 14.7. The molecule has 0 spiro atoms. The Balaban J connectivity index is 1.65. The van der Waals surface area contributed by atoms with Crippen LogP contribution in [-0.4, -0.2) is 21.8 Å². The number of hydrogen-bond acceptors (Lipinski definition) is 4. The fourth-order valence-corrected chi connectivity index (χ4v) is 3.02. The Labute approximate surface area is 173 Å². The number of anilines is 2. The maximum atomic E-state index is 12.6. The minimum atomic E-state index is -0.307. The van der Waals surface area contributed by atoms with E-state index in [-0.39, 0.29) is 11.8 Å². The van der Waals surface area contributed by atoms with E-state index in [1.54, 1.807) is 48.8 Å². The van der Waals surface area contributed by atoms with Crippen molar-refractivity contribution in [3.63, 3.8) is 0 Å². The molecule has 0 aliphatic heterocycles. The molecule has 4 rings (SSSR count). The predicted octanol–water partition coefficient (Wildman–Crippen LogP) is 4.65. The van der Waals surface area contributed by atoms with Crippen LogP contribution in [0.25, 0.3) is 11.1 Å². The van der Waals surface area contributed by atoms with Crippen LogP contribution in [0, 0.1) is 0 Å². The smallest absolute Gasteiger partial charge is 0.274 e. The minimum absolute atomic E-state index is 0.307. The summed E-state index contributed by atoms with van der Waals surface area (Å²) in [6, 6.07) is 25.2. The molecule has 0 saturated heterocycles. The lowest BCUT2D eigenvalue weighted by molar-refractivity contribution is 0.101. The number of para-hydroxylation sites is 2. The van der Waals surface area contributed by atoms with Crippen LogP contribution >= 0.6 is 0 Å². The molecular formula is C24H18N4O2. The van der Waals surface area contributed by atoms with Gasteiger partial charge in [-0.25, -0.2) is 0 Å². The van der Waals surface area contributed by atoms with E-state index in [0.717, 1.165) is 11.1 Å². The third-order valence-electron chi connectivity index (χ3n) is 4.44. The summed E-state index contributed by atoms with van der Waals surface area (Å²) < 4.78 is 0. The highest BCUT2D eigenvalue weighted by molar-refractivity contribution is 6.08. The lowest BCUT2D eigenvalue weighted by atomic mass is 10.0. The van der Waals surface area contributed by atoms with Gasteiger partial charge in [0, 0.05) is 34.9 Å². The maximum Gasteiger partial charge on any atom is 0.274 e. The van der Waals surface area contributed by atoms with E-state index < -0.39 is 0 Å². The Hall–Kier alpha value is -4.32. The molecule has 2 N–H and O–H groups in total. The third-order valence-corrected chi connectivity index (χ3v) is 4.44. The number of nitrogens with zero attached hydrogens (tertiary/aromatic N) is 2. The molecule has 6 nitrogen and oxygen atoms in total. The number of benzene rings is 2. The van der Waals surface area contributed by atoms with Crippen molar-refractivity contribution in [2.45, 2.75) is 0 Å². The summed E-state index contributed by atoms with van der Waals surface area (Å²) in [5.74, 6) is -0.615. The third kappa shape index (κ3) is 4.23. The quantitative estimate of drug-likeness (QED) is 0.516. The van der Waals surface area contributed by atoms with Crippen molar-refractivity contribution in [3.8, 4) is 11.1 Å². The van der Waals surface area contributed by atoms with E-state index in [2.05, 4.69) is 20.6 Å². The molecule has 2 amide bonds.